The molecule has 3 amide bonds. The van der Waals surface area contributed by atoms with E-state index in [1.807, 2.05) is 49.0 Å². The number of amides is 3. The zero-order valence-electron chi connectivity index (χ0n) is 17.9. The fraction of sp³-hybridized carbons (Fsp3) is 0.391. The highest BCUT2D eigenvalue weighted by Gasteiger charge is 2.22. The number of piperidine rings is 1. The zero-order valence-corrected chi connectivity index (χ0v) is 17.9. The van der Waals surface area contributed by atoms with Crippen molar-refractivity contribution in [2.24, 2.45) is 0 Å². The number of urea groups is 1. The molecule has 0 aliphatic carbocycles. The number of nitrogens with zero attached hydrogens (tertiary/aromatic N) is 2. The van der Waals surface area contributed by atoms with Crippen molar-refractivity contribution < 1.29 is 14.3 Å². The van der Waals surface area contributed by atoms with Crippen LogP contribution in [-0.4, -0.2) is 50.6 Å². The molecule has 1 heterocycles. The van der Waals surface area contributed by atoms with Crippen LogP contribution >= 0.6 is 0 Å². The quantitative estimate of drug-likeness (QED) is 0.739. The van der Waals surface area contributed by atoms with Crippen molar-refractivity contribution in [1.29, 1.82) is 0 Å². The van der Waals surface area contributed by atoms with Gasteiger partial charge >= 0.3 is 6.03 Å². The molecular formula is C23H30N4O3. The van der Waals surface area contributed by atoms with Crippen LogP contribution < -0.4 is 20.3 Å². The number of carbonyl (C=O) groups excluding carboxylic acids is 2. The lowest BCUT2D eigenvalue weighted by Crippen LogP contribution is -2.36. The van der Waals surface area contributed by atoms with Crippen LogP contribution in [0.5, 0.6) is 5.75 Å². The summed E-state index contributed by atoms with van der Waals surface area (Å²) in [7, 11) is 3.82. The van der Waals surface area contributed by atoms with E-state index in [4.69, 9.17) is 4.74 Å². The van der Waals surface area contributed by atoms with E-state index in [1.165, 1.54) is 0 Å². The molecule has 2 aromatic rings. The summed E-state index contributed by atoms with van der Waals surface area (Å²) < 4.78 is 5.55. The lowest BCUT2D eigenvalue weighted by atomic mass is 10.1. The van der Waals surface area contributed by atoms with E-state index in [1.54, 1.807) is 24.3 Å². The summed E-state index contributed by atoms with van der Waals surface area (Å²) in [4.78, 5) is 29.5. The highest BCUT2D eigenvalue weighted by atomic mass is 16.5. The van der Waals surface area contributed by atoms with Gasteiger partial charge in [0.25, 0.3) is 5.91 Å². The average Bonchev–Trinajstić information content (AvgIpc) is 2.75. The number of nitrogens with one attached hydrogen (secondary N) is 2. The molecule has 1 aliphatic heterocycles. The lowest BCUT2D eigenvalue weighted by molar-refractivity contribution is 0.0725. The predicted molar refractivity (Wildman–Crippen MR) is 121 cm³/mol. The summed E-state index contributed by atoms with van der Waals surface area (Å²) in [6.45, 7) is 3.95. The number of hydrogen-bond donors (Lipinski definition) is 2. The Balaban J connectivity index is 1.77. The smallest absolute Gasteiger partial charge is 0.323 e. The van der Waals surface area contributed by atoms with Crippen LogP contribution in [0.3, 0.4) is 0 Å². The van der Waals surface area contributed by atoms with Gasteiger partial charge in [-0.15, -0.1) is 0 Å². The Morgan fingerprint density at radius 1 is 1.03 bits per heavy atom. The average molecular weight is 411 g/mol. The molecule has 2 aromatic carbocycles. The summed E-state index contributed by atoms with van der Waals surface area (Å²) in [5.74, 6) is 0.614. The van der Waals surface area contributed by atoms with Crippen LogP contribution in [0, 0.1) is 0 Å². The van der Waals surface area contributed by atoms with Gasteiger partial charge in [-0.05, 0) is 56.5 Å². The minimum atomic E-state index is -0.392. The Morgan fingerprint density at radius 3 is 2.47 bits per heavy atom. The Hall–Kier alpha value is -3.22. The Labute approximate surface area is 178 Å². The van der Waals surface area contributed by atoms with Gasteiger partial charge in [0.15, 0.2) is 0 Å². The molecule has 0 atom stereocenters. The number of ether oxygens (including phenoxy) is 1. The first-order chi connectivity index (χ1) is 14.5. The van der Waals surface area contributed by atoms with E-state index in [0.29, 0.717) is 29.3 Å². The van der Waals surface area contributed by atoms with Crippen molar-refractivity contribution >= 4 is 29.0 Å². The number of anilines is 3. The molecule has 0 saturated carbocycles. The second-order valence-electron chi connectivity index (χ2n) is 7.49. The third-order valence-corrected chi connectivity index (χ3v) is 5.05. The van der Waals surface area contributed by atoms with Crippen LogP contribution in [-0.2, 0) is 0 Å². The summed E-state index contributed by atoms with van der Waals surface area (Å²) in [5, 5.41) is 5.64. The van der Waals surface area contributed by atoms with Crippen molar-refractivity contribution in [3.8, 4) is 5.75 Å². The van der Waals surface area contributed by atoms with E-state index in [9.17, 15) is 9.59 Å². The molecule has 0 unspecified atom stereocenters. The van der Waals surface area contributed by atoms with Crippen LogP contribution in [0.15, 0.2) is 42.5 Å². The van der Waals surface area contributed by atoms with Crippen molar-refractivity contribution in [1.82, 2.24) is 4.90 Å². The van der Waals surface area contributed by atoms with Gasteiger partial charge in [-0.2, -0.15) is 0 Å². The largest absolute Gasteiger partial charge is 0.492 e. The Morgan fingerprint density at radius 2 is 1.77 bits per heavy atom. The molecule has 0 spiro atoms. The van der Waals surface area contributed by atoms with Crippen LogP contribution in [0.2, 0.25) is 0 Å². The third-order valence-electron chi connectivity index (χ3n) is 5.05. The zero-order chi connectivity index (χ0) is 21.5. The molecule has 2 N–H and O–H groups in total. The Bertz CT molecular complexity index is 892. The maximum atomic E-state index is 13.1. The lowest BCUT2D eigenvalue weighted by Gasteiger charge is -2.28. The highest BCUT2D eigenvalue weighted by molar-refractivity contribution is 6.04. The van der Waals surface area contributed by atoms with Gasteiger partial charge in [-0.1, -0.05) is 12.1 Å². The molecule has 1 aliphatic rings. The number of likely N-dealkylation sites (tertiary alicyclic amines) is 1. The van der Waals surface area contributed by atoms with Crippen molar-refractivity contribution in [3.63, 3.8) is 0 Å². The summed E-state index contributed by atoms with van der Waals surface area (Å²) >= 11 is 0. The first-order valence-electron chi connectivity index (χ1n) is 10.4. The molecule has 1 fully saturated rings. The van der Waals surface area contributed by atoms with Crippen LogP contribution in [0.25, 0.3) is 0 Å². The molecule has 160 valence electrons. The topological polar surface area (TPSA) is 73.9 Å². The van der Waals surface area contributed by atoms with Crippen LogP contribution in [0.4, 0.5) is 21.9 Å². The molecule has 0 aromatic heterocycles. The van der Waals surface area contributed by atoms with Gasteiger partial charge in [-0.25, -0.2) is 4.79 Å². The number of hydrogen-bond acceptors (Lipinski definition) is 4. The van der Waals surface area contributed by atoms with Crippen molar-refractivity contribution in [3.05, 3.63) is 48.0 Å². The van der Waals surface area contributed by atoms with Crippen LogP contribution in [0.1, 0.15) is 36.5 Å². The molecule has 7 heteroatoms. The molecule has 0 radical (unpaired) electrons. The molecule has 0 bridgehead atoms. The monoisotopic (exact) mass is 410 g/mol. The number of benzene rings is 2. The minimum absolute atomic E-state index is 0.00384. The number of carbonyl (C=O) groups is 2. The first kappa shape index (κ1) is 21.5. The maximum Gasteiger partial charge on any atom is 0.323 e. The predicted octanol–water partition coefficient (Wildman–Crippen LogP) is 4.42. The first-order valence-corrected chi connectivity index (χ1v) is 10.4. The standard InChI is InChI=1S/C23H30N4O3/c1-4-30-21-11-7-6-10-19(21)25-23(29)24-17-12-13-20(26(2)3)18(16-17)22(28)27-14-8-5-9-15-27/h6-7,10-13,16H,4-5,8-9,14-15H2,1-3H3,(H2,24,25,29). The minimum Gasteiger partial charge on any atom is -0.492 e. The third kappa shape index (κ3) is 5.23. The van der Waals surface area contributed by atoms with Crippen molar-refractivity contribution in [2.45, 2.75) is 26.2 Å². The molecule has 30 heavy (non-hydrogen) atoms. The molecule has 7 nitrogen and oxygen atoms in total. The second-order valence-corrected chi connectivity index (χ2v) is 7.49. The highest BCUT2D eigenvalue weighted by Crippen LogP contribution is 2.27. The number of para-hydroxylation sites is 2. The van der Waals surface area contributed by atoms with Crippen molar-refractivity contribution in [2.75, 3.05) is 49.3 Å². The molecule has 1 saturated heterocycles. The van der Waals surface area contributed by atoms with Gasteiger partial charge in [0, 0.05) is 38.6 Å². The fourth-order valence-corrected chi connectivity index (χ4v) is 3.58. The maximum absolute atomic E-state index is 13.1. The fourth-order valence-electron chi connectivity index (χ4n) is 3.58. The second kappa shape index (κ2) is 10.0. The summed E-state index contributed by atoms with van der Waals surface area (Å²) in [6.07, 6.45) is 3.22. The summed E-state index contributed by atoms with van der Waals surface area (Å²) in [5.41, 5.74) is 2.58. The van der Waals surface area contributed by atoms with E-state index in [0.717, 1.165) is 38.0 Å². The SMILES string of the molecule is CCOc1ccccc1NC(=O)Nc1ccc(N(C)C)c(C(=O)N2CCCCC2)c1. The number of rotatable bonds is 6. The van der Waals surface area contributed by atoms with E-state index in [2.05, 4.69) is 10.6 Å². The van der Waals surface area contributed by atoms with Gasteiger partial charge in [0.05, 0.1) is 17.9 Å². The molecule has 3 rings (SSSR count). The van der Waals surface area contributed by atoms with Gasteiger partial charge in [0.1, 0.15) is 5.75 Å². The van der Waals surface area contributed by atoms with E-state index < -0.39 is 6.03 Å². The van der Waals surface area contributed by atoms with E-state index in [-0.39, 0.29) is 5.91 Å². The molecular weight excluding hydrogens is 380 g/mol. The van der Waals surface area contributed by atoms with Gasteiger partial charge in [0.2, 0.25) is 0 Å². The summed E-state index contributed by atoms with van der Waals surface area (Å²) in [6, 6.07) is 12.3. The van der Waals surface area contributed by atoms with Gasteiger partial charge < -0.3 is 25.2 Å². The van der Waals surface area contributed by atoms with E-state index >= 15 is 0 Å². The Kier molecular flexibility index (Phi) is 7.17. The van der Waals surface area contributed by atoms with Gasteiger partial charge in [-0.3, -0.25) is 4.79 Å². The normalized spacial score (nSPS) is 13.5.